The van der Waals surface area contributed by atoms with Crippen molar-refractivity contribution in [1.82, 2.24) is 14.5 Å². The summed E-state index contributed by atoms with van der Waals surface area (Å²) in [6.07, 6.45) is -3.22. The Balaban J connectivity index is 1.31. The molecule has 0 amide bonds. The molecule has 6 aromatic rings. The van der Waals surface area contributed by atoms with Crippen molar-refractivity contribution in [1.29, 1.82) is 0 Å². The van der Waals surface area contributed by atoms with Crippen molar-refractivity contribution in [3.8, 4) is 17.0 Å². The highest BCUT2D eigenvalue weighted by atomic mass is 32.2. The number of alkyl halides is 3. The summed E-state index contributed by atoms with van der Waals surface area (Å²) in [6, 6.07) is 28.1. The second-order valence-electron chi connectivity index (χ2n) is 12.2. The highest BCUT2D eigenvalue weighted by Gasteiger charge is 2.36. The highest BCUT2D eigenvalue weighted by molar-refractivity contribution is 7.99. The van der Waals surface area contributed by atoms with Crippen LogP contribution in [0.15, 0.2) is 133 Å². The van der Waals surface area contributed by atoms with E-state index in [9.17, 15) is 22.8 Å². The maximum absolute atomic E-state index is 14.3. The Hall–Kier alpha value is -5.73. The Labute approximate surface area is 315 Å². The van der Waals surface area contributed by atoms with E-state index in [2.05, 4.69) is 9.97 Å². The third kappa shape index (κ3) is 7.80. The molecule has 0 spiro atoms. The normalized spacial score (nSPS) is 14.6. The van der Waals surface area contributed by atoms with E-state index in [0.717, 1.165) is 29.2 Å². The summed E-state index contributed by atoms with van der Waals surface area (Å²) >= 11 is 1.93. The third-order valence-electron chi connectivity index (χ3n) is 8.07. The minimum Gasteiger partial charge on any atom is -0.491 e. The van der Waals surface area contributed by atoms with Gasteiger partial charge < -0.3 is 13.9 Å². The molecule has 0 N–H and O–H groups in total. The van der Waals surface area contributed by atoms with Crippen molar-refractivity contribution in [2.45, 2.75) is 49.3 Å². The van der Waals surface area contributed by atoms with Gasteiger partial charge in [0.15, 0.2) is 15.1 Å². The Morgan fingerprint density at radius 3 is 2.30 bits per heavy atom. The molecule has 0 fully saturated rings. The molecule has 0 unspecified atom stereocenters. The summed E-state index contributed by atoms with van der Waals surface area (Å²) in [4.78, 5) is 41.3. The van der Waals surface area contributed by atoms with Gasteiger partial charge in [0, 0.05) is 17.2 Å². The summed E-state index contributed by atoms with van der Waals surface area (Å²) in [7, 11) is 0. The standard InChI is InChI=1S/C40H31F3N4O5S2/c1-4-50-37(49)33-34(25-13-9-6-10-14-25)46-39-47(35(33)26-15-17-27(18-16-26)51-23(2)3)36(48)30(53-39)21-28-19-20-32(52-28)54-38-44-29(24-11-7-5-8-12-24)22-31(45-38)40(41,42)43/h5-23,35H,4H2,1-3H3/b30-21-/t35-/m0/s1. The fourth-order valence-electron chi connectivity index (χ4n) is 5.82. The number of carbonyl (C=O) groups is 1. The summed E-state index contributed by atoms with van der Waals surface area (Å²) in [6.45, 7) is 5.66. The van der Waals surface area contributed by atoms with Gasteiger partial charge in [0.05, 0.1) is 40.2 Å². The molecule has 274 valence electrons. The van der Waals surface area contributed by atoms with Crippen LogP contribution in [0.25, 0.3) is 23.0 Å². The lowest BCUT2D eigenvalue weighted by Crippen LogP contribution is -2.40. The topological polar surface area (TPSA) is 109 Å². The van der Waals surface area contributed by atoms with Crippen LogP contribution >= 0.6 is 23.1 Å². The minimum atomic E-state index is -4.69. The molecule has 0 saturated heterocycles. The number of hydrogen-bond donors (Lipinski definition) is 0. The number of fused-ring (bicyclic) bond motifs is 1. The fourth-order valence-corrected chi connectivity index (χ4v) is 7.54. The van der Waals surface area contributed by atoms with Crippen LogP contribution in [0.1, 0.15) is 49.4 Å². The molecule has 4 heterocycles. The highest BCUT2D eigenvalue weighted by Crippen LogP contribution is 2.37. The first-order chi connectivity index (χ1) is 26.0. The molecule has 9 nitrogen and oxygen atoms in total. The minimum absolute atomic E-state index is 0.0574. The van der Waals surface area contributed by atoms with Crippen LogP contribution in [-0.2, 0) is 15.7 Å². The number of aromatic nitrogens is 3. The van der Waals surface area contributed by atoms with Crippen LogP contribution in [0.5, 0.6) is 5.75 Å². The first-order valence-corrected chi connectivity index (χ1v) is 18.5. The Kier molecular flexibility index (Phi) is 10.4. The first-order valence-electron chi connectivity index (χ1n) is 16.8. The molecular weight excluding hydrogens is 738 g/mol. The van der Waals surface area contributed by atoms with Crippen LogP contribution in [0.4, 0.5) is 13.2 Å². The second kappa shape index (κ2) is 15.3. The first kappa shape index (κ1) is 36.6. The van der Waals surface area contributed by atoms with Gasteiger partial charge in [0.2, 0.25) is 0 Å². The molecule has 3 aromatic heterocycles. The van der Waals surface area contributed by atoms with E-state index in [0.29, 0.717) is 32.9 Å². The molecule has 0 bridgehead atoms. The molecule has 3 aromatic carbocycles. The molecule has 0 radical (unpaired) electrons. The maximum Gasteiger partial charge on any atom is 0.433 e. The number of hydrogen-bond acceptors (Lipinski definition) is 10. The van der Waals surface area contributed by atoms with Gasteiger partial charge in [-0.3, -0.25) is 9.36 Å². The van der Waals surface area contributed by atoms with E-state index in [1.165, 1.54) is 10.6 Å². The number of nitrogens with zero attached hydrogens (tertiary/aromatic N) is 4. The molecule has 1 atom stereocenters. The molecule has 0 aliphatic carbocycles. The summed E-state index contributed by atoms with van der Waals surface area (Å²) < 4.78 is 60.5. The Bertz CT molecular complexity index is 2530. The molecule has 54 heavy (non-hydrogen) atoms. The second-order valence-corrected chi connectivity index (χ2v) is 14.2. The van der Waals surface area contributed by atoms with Gasteiger partial charge in [-0.15, -0.1) is 0 Å². The Morgan fingerprint density at radius 1 is 0.963 bits per heavy atom. The molecule has 7 rings (SSSR count). The predicted molar refractivity (Wildman–Crippen MR) is 199 cm³/mol. The van der Waals surface area contributed by atoms with Crippen LogP contribution in [0.2, 0.25) is 0 Å². The number of carbonyl (C=O) groups excluding carboxylic acids is 1. The van der Waals surface area contributed by atoms with E-state index in [1.54, 1.807) is 61.5 Å². The van der Waals surface area contributed by atoms with Crippen molar-refractivity contribution in [3.63, 3.8) is 0 Å². The number of benzene rings is 3. The lowest BCUT2D eigenvalue weighted by atomic mass is 9.93. The summed E-state index contributed by atoms with van der Waals surface area (Å²) in [5.41, 5.74) is 0.985. The van der Waals surface area contributed by atoms with Gasteiger partial charge in [0.25, 0.3) is 5.56 Å². The average Bonchev–Trinajstić information content (AvgIpc) is 3.73. The molecular formula is C40H31F3N4O5S2. The van der Waals surface area contributed by atoms with E-state index in [4.69, 9.17) is 18.9 Å². The number of ether oxygens (including phenoxy) is 2. The number of halogens is 3. The van der Waals surface area contributed by atoms with Gasteiger partial charge in [-0.2, -0.15) is 13.2 Å². The largest absolute Gasteiger partial charge is 0.491 e. The predicted octanol–water partition coefficient (Wildman–Crippen LogP) is 7.94. The van der Waals surface area contributed by atoms with Gasteiger partial charge in [-0.1, -0.05) is 84.1 Å². The lowest BCUT2D eigenvalue weighted by molar-refractivity contribution is -0.141. The smallest absolute Gasteiger partial charge is 0.433 e. The van der Waals surface area contributed by atoms with Gasteiger partial charge in [0.1, 0.15) is 17.2 Å². The van der Waals surface area contributed by atoms with Crippen molar-refractivity contribution in [2.75, 3.05) is 6.61 Å². The average molecular weight is 769 g/mol. The number of thiazole rings is 1. The molecule has 0 saturated carbocycles. The van der Waals surface area contributed by atoms with Crippen molar-refractivity contribution < 1.29 is 31.9 Å². The lowest BCUT2D eigenvalue weighted by Gasteiger charge is -2.26. The molecule has 1 aliphatic rings. The SMILES string of the molecule is CCOC(=O)C1=C(c2ccccc2)N=c2s/c(=C\c3ccc(Sc4nc(-c5ccccc5)cc(C(F)(F)F)n4)o3)c(=O)n2[C@H]1c1ccc(OC(C)C)cc1. The van der Waals surface area contributed by atoms with E-state index < -0.39 is 29.4 Å². The van der Waals surface area contributed by atoms with Gasteiger partial charge in [-0.05, 0) is 68.4 Å². The van der Waals surface area contributed by atoms with E-state index in [1.807, 2.05) is 56.3 Å². The van der Waals surface area contributed by atoms with Crippen LogP contribution in [-0.4, -0.2) is 33.2 Å². The zero-order valence-electron chi connectivity index (χ0n) is 29.0. The quantitative estimate of drug-likeness (QED) is 0.102. The summed E-state index contributed by atoms with van der Waals surface area (Å²) in [5, 5.41) is 0.0543. The van der Waals surface area contributed by atoms with E-state index >= 15 is 0 Å². The van der Waals surface area contributed by atoms with Crippen LogP contribution in [0, 0.1) is 0 Å². The van der Waals surface area contributed by atoms with Crippen molar-refractivity contribution in [3.05, 3.63) is 151 Å². The number of esters is 1. The summed E-state index contributed by atoms with van der Waals surface area (Å²) in [5.74, 6) is 0.281. The number of rotatable bonds is 10. The maximum atomic E-state index is 14.3. The fraction of sp³-hybridized carbons (Fsp3) is 0.175. The molecule has 1 aliphatic heterocycles. The molecule has 14 heteroatoms. The van der Waals surface area contributed by atoms with Crippen molar-refractivity contribution in [2.24, 2.45) is 4.99 Å². The Morgan fingerprint density at radius 2 is 1.65 bits per heavy atom. The zero-order valence-corrected chi connectivity index (χ0v) is 30.7. The van der Waals surface area contributed by atoms with Crippen LogP contribution < -0.4 is 19.6 Å². The van der Waals surface area contributed by atoms with E-state index in [-0.39, 0.29) is 44.5 Å². The van der Waals surface area contributed by atoms with Gasteiger partial charge >= 0.3 is 12.1 Å². The monoisotopic (exact) mass is 768 g/mol. The zero-order chi connectivity index (χ0) is 38.0. The van der Waals surface area contributed by atoms with Crippen molar-refractivity contribution >= 4 is 40.8 Å². The third-order valence-corrected chi connectivity index (χ3v) is 9.84. The number of furan rings is 1. The van der Waals surface area contributed by atoms with Gasteiger partial charge in [-0.25, -0.2) is 19.8 Å². The van der Waals surface area contributed by atoms with Crippen LogP contribution in [0.3, 0.4) is 0 Å².